The van der Waals surface area contributed by atoms with Crippen molar-refractivity contribution >= 4 is 40.6 Å². The van der Waals surface area contributed by atoms with Gasteiger partial charge in [-0.05, 0) is 37.0 Å². The molecule has 3 aromatic rings. The highest BCUT2D eigenvalue weighted by atomic mass is 16.4. The standard InChI is InChI=1S/C28H30N6O7/c29-23(35)14-20(33-26(38)21-15-30-17-9-4-5-10-18(17)31-21)25(37)32-19(13-16-7-2-1-3-8-16)24(36)27(39)34-12-6-11-22(34)28(40)41/h1-5,7-10,15,19-20,22,24,36H,6,11-14H2,(H2,29,35)(H,32,37)(H,33,38)(H,40,41)/t19-,20-,22-,24?/m0/s1. The van der Waals surface area contributed by atoms with Crippen LogP contribution in [0.15, 0.2) is 60.8 Å². The second-order valence-electron chi connectivity index (χ2n) is 9.72. The summed E-state index contributed by atoms with van der Waals surface area (Å²) in [4.78, 5) is 72.5. The van der Waals surface area contributed by atoms with Gasteiger partial charge >= 0.3 is 5.97 Å². The van der Waals surface area contributed by atoms with Crippen molar-refractivity contribution in [3.63, 3.8) is 0 Å². The Morgan fingerprint density at radius 2 is 1.68 bits per heavy atom. The SMILES string of the molecule is NC(=O)C[C@H](NC(=O)c1cnc2ccccc2n1)C(=O)N[C@@H](Cc1ccccc1)C(O)C(=O)N1CCC[C@H]1C(=O)O. The molecule has 4 amide bonds. The average Bonchev–Trinajstić information content (AvgIpc) is 3.46. The van der Waals surface area contributed by atoms with Crippen LogP contribution in [-0.4, -0.2) is 85.5 Å². The lowest BCUT2D eigenvalue weighted by molar-refractivity contribution is -0.153. The molecule has 1 saturated heterocycles. The van der Waals surface area contributed by atoms with E-state index in [2.05, 4.69) is 20.6 Å². The number of primary amides is 1. The van der Waals surface area contributed by atoms with Crippen molar-refractivity contribution in [2.45, 2.75) is 49.9 Å². The van der Waals surface area contributed by atoms with Gasteiger partial charge in [0.15, 0.2) is 6.10 Å². The molecular weight excluding hydrogens is 532 g/mol. The summed E-state index contributed by atoms with van der Waals surface area (Å²) in [5, 5.41) is 25.6. The number of aliphatic hydroxyl groups is 1. The molecule has 0 spiro atoms. The second kappa shape index (κ2) is 13.0. The number of fused-ring (bicyclic) bond motifs is 1. The fourth-order valence-electron chi connectivity index (χ4n) is 4.73. The molecule has 6 N–H and O–H groups in total. The number of nitrogens with zero attached hydrogens (tertiary/aromatic N) is 3. The Hall–Kier alpha value is -4.91. The number of hydrogen-bond acceptors (Lipinski definition) is 8. The summed E-state index contributed by atoms with van der Waals surface area (Å²) in [5.74, 6) is -4.59. The zero-order valence-corrected chi connectivity index (χ0v) is 22.0. The number of hydrogen-bond donors (Lipinski definition) is 5. The third kappa shape index (κ3) is 7.19. The lowest BCUT2D eigenvalue weighted by Gasteiger charge is -2.30. The minimum atomic E-state index is -1.81. The van der Waals surface area contributed by atoms with Crippen LogP contribution in [0.3, 0.4) is 0 Å². The minimum absolute atomic E-state index is 0.00153. The van der Waals surface area contributed by atoms with E-state index < -0.39 is 60.2 Å². The maximum Gasteiger partial charge on any atom is 0.326 e. The Morgan fingerprint density at radius 1 is 1.00 bits per heavy atom. The lowest BCUT2D eigenvalue weighted by atomic mass is 9.99. The van der Waals surface area contributed by atoms with Gasteiger partial charge in [-0.2, -0.15) is 0 Å². The molecule has 0 bridgehead atoms. The van der Waals surface area contributed by atoms with Crippen molar-refractivity contribution in [1.82, 2.24) is 25.5 Å². The van der Waals surface area contributed by atoms with Crippen LogP contribution in [0.25, 0.3) is 11.0 Å². The first-order valence-electron chi connectivity index (χ1n) is 13.0. The van der Waals surface area contributed by atoms with E-state index in [4.69, 9.17) is 5.73 Å². The smallest absolute Gasteiger partial charge is 0.326 e. The first-order chi connectivity index (χ1) is 19.6. The van der Waals surface area contributed by atoms with Crippen molar-refractivity contribution in [3.8, 4) is 0 Å². The van der Waals surface area contributed by atoms with Crippen molar-refractivity contribution in [2.24, 2.45) is 5.73 Å². The number of carbonyl (C=O) groups excluding carboxylic acids is 4. The maximum atomic E-state index is 13.4. The summed E-state index contributed by atoms with van der Waals surface area (Å²) in [6, 6.07) is 11.8. The number of aliphatic carboxylic acids is 1. The molecule has 2 heterocycles. The first-order valence-corrected chi connectivity index (χ1v) is 13.0. The van der Waals surface area contributed by atoms with Gasteiger partial charge in [0.1, 0.15) is 17.8 Å². The van der Waals surface area contributed by atoms with Gasteiger partial charge in [-0.1, -0.05) is 42.5 Å². The molecule has 13 nitrogen and oxygen atoms in total. The monoisotopic (exact) mass is 562 g/mol. The number of benzene rings is 2. The third-order valence-electron chi connectivity index (χ3n) is 6.79. The molecule has 0 saturated carbocycles. The fourth-order valence-corrected chi connectivity index (χ4v) is 4.73. The molecule has 41 heavy (non-hydrogen) atoms. The normalized spacial score (nSPS) is 16.9. The molecule has 2 aromatic carbocycles. The molecule has 1 fully saturated rings. The Balaban J connectivity index is 1.55. The summed E-state index contributed by atoms with van der Waals surface area (Å²) in [5.41, 5.74) is 6.92. The van der Waals surface area contributed by atoms with Crippen molar-refractivity contribution in [3.05, 3.63) is 72.1 Å². The average molecular weight is 563 g/mol. The van der Waals surface area contributed by atoms with E-state index in [1.807, 2.05) is 0 Å². The number of rotatable bonds is 11. The van der Waals surface area contributed by atoms with Gasteiger partial charge in [0.25, 0.3) is 11.8 Å². The largest absolute Gasteiger partial charge is 0.480 e. The molecule has 13 heteroatoms. The molecule has 0 radical (unpaired) electrons. The molecule has 4 atom stereocenters. The summed E-state index contributed by atoms with van der Waals surface area (Å²) in [7, 11) is 0. The highest BCUT2D eigenvalue weighted by molar-refractivity contribution is 5.98. The van der Waals surface area contributed by atoms with Gasteiger partial charge < -0.3 is 31.5 Å². The van der Waals surface area contributed by atoms with Crippen LogP contribution in [0.5, 0.6) is 0 Å². The van der Waals surface area contributed by atoms with Crippen LogP contribution in [0.4, 0.5) is 0 Å². The number of nitrogens with two attached hydrogens (primary N) is 1. The number of carboxylic acids is 1. The molecular formula is C28H30N6O7. The summed E-state index contributed by atoms with van der Waals surface area (Å²) in [6.45, 7) is 0.145. The second-order valence-corrected chi connectivity index (χ2v) is 9.72. The molecule has 0 aliphatic carbocycles. The van der Waals surface area contributed by atoms with E-state index >= 15 is 0 Å². The number of aliphatic hydroxyl groups excluding tert-OH is 1. The summed E-state index contributed by atoms with van der Waals surface area (Å²) >= 11 is 0. The van der Waals surface area contributed by atoms with Crippen molar-refractivity contribution in [1.29, 1.82) is 0 Å². The molecule has 1 aliphatic rings. The highest BCUT2D eigenvalue weighted by Crippen LogP contribution is 2.20. The van der Waals surface area contributed by atoms with E-state index in [1.54, 1.807) is 54.6 Å². The number of likely N-dealkylation sites (tertiary alicyclic amines) is 1. The van der Waals surface area contributed by atoms with Gasteiger partial charge in [0.2, 0.25) is 11.8 Å². The van der Waals surface area contributed by atoms with Crippen molar-refractivity contribution < 1.29 is 34.2 Å². The number of amides is 4. The molecule has 1 aromatic heterocycles. The Morgan fingerprint density at radius 3 is 2.37 bits per heavy atom. The van der Waals surface area contributed by atoms with Gasteiger partial charge in [0.05, 0.1) is 29.7 Å². The Kier molecular flexibility index (Phi) is 9.19. The number of carboxylic acid groups (broad SMARTS) is 1. The lowest BCUT2D eigenvalue weighted by Crippen LogP contribution is -2.58. The van der Waals surface area contributed by atoms with Gasteiger partial charge in [-0.15, -0.1) is 0 Å². The zero-order chi connectivity index (χ0) is 29.5. The predicted molar refractivity (Wildman–Crippen MR) is 145 cm³/mol. The zero-order valence-electron chi connectivity index (χ0n) is 22.0. The highest BCUT2D eigenvalue weighted by Gasteiger charge is 2.40. The maximum absolute atomic E-state index is 13.4. The molecule has 214 valence electrons. The van der Waals surface area contributed by atoms with Crippen LogP contribution in [0, 0.1) is 0 Å². The van der Waals surface area contributed by atoms with E-state index in [-0.39, 0.29) is 25.1 Å². The van der Waals surface area contributed by atoms with E-state index in [1.165, 1.54) is 6.20 Å². The first kappa shape index (κ1) is 29.1. The summed E-state index contributed by atoms with van der Waals surface area (Å²) < 4.78 is 0. The van der Waals surface area contributed by atoms with Crippen LogP contribution in [0.2, 0.25) is 0 Å². The fraction of sp³-hybridized carbons (Fsp3) is 0.321. The van der Waals surface area contributed by atoms with Crippen molar-refractivity contribution in [2.75, 3.05) is 6.54 Å². The van der Waals surface area contributed by atoms with Crippen LogP contribution in [-0.2, 0) is 25.6 Å². The van der Waals surface area contributed by atoms with Gasteiger partial charge in [-0.25, -0.2) is 9.78 Å². The topological polar surface area (TPSA) is 205 Å². The van der Waals surface area contributed by atoms with Crippen LogP contribution >= 0.6 is 0 Å². The number of nitrogens with one attached hydrogen (secondary N) is 2. The minimum Gasteiger partial charge on any atom is -0.480 e. The number of aromatic nitrogens is 2. The number of para-hydroxylation sites is 2. The quantitative estimate of drug-likeness (QED) is 0.209. The van der Waals surface area contributed by atoms with E-state index in [9.17, 15) is 34.2 Å². The number of carbonyl (C=O) groups is 5. The molecule has 1 unspecified atom stereocenters. The Labute approximate surface area is 234 Å². The van der Waals surface area contributed by atoms with Gasteiger partial charge in [0, 0.05) is 6.54 Å². The summed E-state index contributed by atoms with van der Waals surface area (Å²) in [6.07, 6.45) is -0.460. The van der Waals surface area contributed by atoms with E-state index in [0.717, 1.165) is 4.90 Å². The van der Waals surface area contributed by atoms with Crippen LogP contribution < -0.4 is 16.4 Å². The van der Waals surface area contributed by atoms with E-state index in [0.29, 0.717) is 23.0 Å². The predicted octanol–water partition coefficient (Wildman–Crippen LogP) is -0.232. The third-order valence-corrected chi connectivity index (χ3v) is 6.79. The Bertz CT molecular complexity index is 1450. The van der Waals surface area contributed by atoms with Gasteiger partial charge in [-0.3, -0.25) is 24.2 Å². The molecule has 4 rings (SSSR count). The van der Waals surface area contributed by atoms with Crippen LogP contribution in [0.1, 0.15) is 35.3 Å². The molecule has 1 aliphatic heterocycles.